The van der Waals surface area contributed by atoms with Crippen LogP contribution in [0.5, 0.6) is 11.5 Å². The zero-order chi connectivity index (χ0) is 21.2. The third-order valence-electron chi connectivity index (χ3n) is 6.18. The van der Waals surface area contributed by atoms with Crippen molar-refractivity contribution in [2.45, 2.75) is 37.4 Å². The van der Waals surface area contributed by atoms with E-state index in [-0.39, 0.29) is 36.7 Å². The number of benzene rings is 2. The van der Waals surface area contributed by atoms with Crippen LogP contribution in [0.2, 0.25) is 0 Å². The van der Waals surface area contributed by atoms with Crippen molar-refractivity contribution in [1.82, 2.24) is 21.1 Å². The summed E-state index contributed by atoms with van der Waals surface area (Å²) < 4.78 is 10.6. The number of fused-ring (bicyclic) bond motifs is 1. The van der Waals surface area contributed by atoms with E-state index in [0.29, 0.717) is 30.2 Å². The Balaban J connectivity index is 1.11. The van der Waals surface area contributed by atoms with Crippen molar-refractivity contribution in [1.29, 1.82) is 0 Å². The Kier molecular flexibility index (Phi) is 5.48. The third kappa shape index (κ3) is 4.22. The van der Waals surface area contributed by atoms with Gasteiger partial charge in [-0.05, 0) is 43.0 Å². The SMILES string of the molecule is O=C(NC1CCN(C(=O)C2CC(c3ccccc3)NN2)CC1)c1ccc2c(c1)OCO2. The number of hydrogen-bond acceptors (Lipinski definition) is 6. The summed E-state index contributed by atoms with van der Waals surface area (Å²) in [5.74, 6) is 1.24. The Bertz CT molecular complexity index is 959. The summed E-state index contributed by atoms with van der Waals surface area (Å²) in [5, 5.41) is 3.08. The van der Waals surface area contributed by atoms with E-state index in [1.165, 1.54) is 5.56 Å². The maximum Gasteiger partial charge on any atom is 0.251 e. The van der Waals surface area contributed by atoms with E-state index in [1.54, 1.807) is 18.2 Å². The molecular weight excluding hydrogens is 396 g/mol. The Morgan fingerprint density at radius 1 is 0.968 bits per heavy atom. The van der Waals surface area contributed by atoms with Crippen molar-refractivity contribution in [3.8, 4) is 11.5 Å². The summed E-state index contributed by atoms with van der Waals surface area (Å²) in [6.07, 6.45) is 2.21. The highest BCUT2D eigenvalue weighted by Gasteiger charge is 2.34. The first-order chi connectivity index (χ1) is 15.2. The first kappa shape index (κ1) is 19.8. The molecule has 162 valence electrons. The van der Waals surface area contributed by atoms with Crippen LogP contribution >= 0.6 is 0 Å². The maximum absolute atomic E-state index is 12.9. The minimum atomic E-state index is -0.232. The smallest absolute Gasteiger partial charge is 0.251 e. The standard InChI is InChI=1S/C23H26N4O4/c28-22(16-6-7-20-21(12-16)31-14-30-20)24-17-8-10-27(11-9-17)23(29)19-13-18(25-26-19)15-4-2-1-3-5-15/h1-7,12,17-19,25-26H,8-11,13-14H2,(H,24,28). The zero-order valence-electron chi connectivity index (χ0n) is 17.2. The average Bonchev–Trinajstić information content (AvgIpc) is 3.49. The van der Waals surface area contributed by atoms with Gasteiger partial charge in [0.1, 0.15) is 6.04 Å². The molecule has 2 saturated heterocycles. The molecule has 2 unspecified atom stereocenters. The summed E-state index contributed by atoms with van der Waals surface area (Å²) in [5.41, 5.74) is 8.12. The van der Waals surface area contributed by atoms with Gasteiger partial charge in [-0.25, -0.2) is 10.9 Å². The predicted molar refractivity (Wildman–Crippen MR) is 113 cm³/mol. The molecule has 8 nitrogen and oxygen atoms in total. The molecule has 0 aliphatic carbocycles. The van der Waals surface area contributed by atoms with E-state index in [2.05, 4.69) is 28.3 Å². The topological polar surface area (TPSA) is 91.9 Å². The number of likely N-dealkylation sites (tertiary alicyclic amines) is 1. The largest absolute Gasteiger partial charge is 0.454 e. The van der Waals surface area contributed by atoms with E-state index >= 15 is 0 Å². The molecule has 2 aromatic carbocycles. The van der Waals surface area contributed by atoms with Crippen molar-refractivity contribution in [2.75, 3.05) is 19.9 Å². The van der Waals surface area contributed by atoms with Crippen LogP contribution in [0.3, 0.4) is 0 Å². The first-order valence-electron chi connectivity index (χ1n) is 10.7. The molecule has 0 spiro atoms. The number of amides is 2. The first-order valence-corrected chi connectivity index (χ1v) is 10.7. The quantitative estimate of drug-likeness (QED) is 0.695. The van der Waals surface area contributed by atoms with Gasteiger partial charge in [0.2, 0.25) is 12.7 Å². The second-order valence-electron chi connectivity index (χ2n) is 8.18. The summed E-state index contributed by atoms with van der Waals surface area (Å²) >= 11 is 0. The highest BCUT2D eigenvalue weighted by atomic mass is 16.7. The molecule has 3 aliphatic heterocycles. The number of nitrogens with one attached hydrogen (secondary N) is 3. The lowest BCUT2D eigenvalue weighted by Crippen LogP contribution is -2.51. The third-order valence-corrected chi connectivity index (χ3v) is 6.18. The number of hydrazine groups is 1. The molecule has 0 aromatic heterocycles. The highest BCUT2D eigenvalue weighted by molar-refractivity contribution is 5.95. The highest BCUT2D eigenvalue weighted by Crippen LogP contribution is 2.32. The number of nitrogens with zero attached hydrogens (tertiary/aromatic N) is 1. The van der Waals surface area contributed by atoms with Crippen LogP contribution in [0, 0.1) is 0 Å². The number of ether oxygens (including phenoxy) is 2. The van der Waals surface area contributed by atoms with Gasteiger partial charge in [-0.15, -0.1) is 0 Å². The summed E-state index contributed by atoms with van der Waals surface area (Å²) in [7, 11) is 0. The van der Waals surface area contributed by atoms with E-state index in [9.17, 15) is 9.59 Å². The number of hydrogen-bond donors (Lipinski definition) is 3. The Hall–Kier alpha value is -3.10. The number of piperidine rings is 1. The van der Waals surface area contributed by atoms with Crippen LogP contribution < -0.4 is 25.6 Å². The van der Waals surface area contributed by atoms with Crippen LogP contribution in [-0.4, -0.2) is 48.7 Å². The molecular formula is C23H26N4O4. The Morgan fingerprint density at radius 3 is 2.55 bits per heavy atom. The van der Waals surface area contributed by atoms with Gasteiger partial charge >= 0.3 is 0 Å². The van der Waals surface area contributed by atoms with Crippen LogP contribution in [0.4, 0.5) is 0 Å². The van der Waals surface area contributed by atoms with Crippen molar-refractivity contribution in [3.05, 3.63) is 59.7 Å². The lowest BCUT2D eigenvalue weighted by molar-refractivity contribution is -0.134. The average molecular weight is 422 g/mol. The molecule has 31 heavy (non-hydrogen) atoms. The molecule has 3 aliphatic rings. The summed E-state index contributed by atoms with van der Waals surface area (Å²) in [4.78, 5) is 27.4. The molecule has 5 rings (SSSR count). The van der Waals surface area contributed by atoms with Crippen LogP contribution in [0.15, 0.2) is 48.5 Å². The second-order valence-corrected chi connectivity index (χ2v) is 8.18. The van der Waals surface area contributed by atoms with Gasteiger partial charge in [0.15, 0.2) is 11.5 Å². The minimum absolute atomic E-state index is 0.0497. The van der Waals surface area contributed by atoms with Gasteiger partial charge in [0.25, 0.3) is 5.91 Å². The fourth-order valence-electron chi connectivity index (χ4n) is 4.39. The second kappa shape index (κ2) is 8.56. The number of carbonyl (C=O) groups is 2. The molecule has 0 bridgehead atoms. The van der Waals surface area contributed by atoms with E-state index in [1.807, 2.05) is 23.1 Å². The van der Waals surface area contributed by atoms with E-state index in [4.69, 9.17) is 9.47 Å². The maximum atomic E-state index is 12.9. The zero-order valence-corrected chi connectivity index (χ0v) is 17.2. The number of carbonyl (C=O) groups excluding carboxylic acids is 2. The van der Waals surface area contributed by atoms with Crippen molar-refractivity contribution in [2.24, 2.45) is 0 Å². The fraction of sp³-hybridized carbons (Fsp3) is 0.391. The Labute approximate surface area is 180 Å². The van der Waals surface area contributed by atoms with E-state index in [0.717, 1.165) is 19.3 Å². The molecule has 2 fully saturated rings. The molecule has 2 amide bonds. The minimum Gasteiger partial charge on any atom is -0.454 e. The fourth-order valence-corrected chi connectivity index (χ4v) is 4.39. The van der Waals surface area contributed by atoms with Gasteiger partial charge in [-0.1, -0.05) is 30.3 Å². The van der Waals surface area contributed by atoms with Crippen molar-refractivity contribution < 1.29 is 19.1 Å². The van der Waals surface area contributed by atoms with Crippen LogP contribution in [-0.2, 0) is 4.79 Å². The monoisotopic (exact) mass is 422 g/mol. The lowest BCUT2D eigenvalue weighted by Gasteiger charge is -2.33. The summed E-state index contributed by atoms with van der Waals surface area (Å²) in [6.45, 7) is 1.46. The van der Waals surface area contributed by atoms with Gasteiger partial charge in [0.05, 0.1) is 0 Å². The van der Waals surface area contributed by atoms with Gasteiger partial charge in [-0.3, -0.25) is 9.59 Å². The molecule has 3 heterocycles. The van der Waals surface area contributed by atoms with Crippen LogP contribution in [0.1, 0.15) is 41.2 Å². The molecule has 0 radical (unpaired) electrons. The predicted octanol–water partition coefficient (Wildman–Crippen LogP) is 1.74. The van der Waals surface area contributed by atoms with Crippen molar-refractivity contribution >= 4 is 11.8 Å². The van der Waals surface area contributed by atoms with Gasteiger partial charge in [0, 0.05) is 30.7 Å². The van der Waals surface area contributed by atoms with E-state index < -0.39 is 0 Å². The lowest BCUT2D eigenvalue weighted by atomic mass is 9.99. The molecule has 0 saturated carbocycles. The van der Waals surface area contributed by atoms with Gasteiger partial charge < -0.3 is 19.7 Å². The van der Waals surface area contributed by atoms with Gasteiger partial charge in [-0.2, -0.15) is 0 Å². The molecule has 3 N–H and O–H groups in total. The number of rotatable bonds is 4. The van der Waals surface area contributed by atoms with Crippen LogP contribution in [0.25, 0.3) is 0 Å². The molecule has 8 heteroatoms. The molecule has 2 atom stereocenters. The molecule has 2 aromatic rings. The normalized spacial score (nSPS) is 23.0. The summed E-state index contributed by atoms with van der Waals surface area (Å²) in [6, 6.07) is 15.3. The Morgan fingerprint density at radius 2 is 1.74 bits per heavy atom. The van der Waals surface area contributed by atoms with Crippen molar-refractivity contribution in [3.63, 3.8) is 0 Å².